The Labute approximate surface area is 460 Å². The van der Waals surface area contributed by atoms with Crippen molar-refractivity contribution < 1.29 is 72.9 Å². The Bertz CT molecular complexity index is 1460. The maximum absolute atomic E-state index is 12.7. The lowest BCUT2D eigenvalue weighted by Gasteiger charge is -2.19. The van der Waals surface area contributed by atoms with Gasteiger partial charge in [-0.25, -0.2) is 0 Å². The van der Waals surface area contributed by atoms with Gasteiger partial charge in [0.2, 0.25) is 11.8 Å². The van der Waals surface area contributed by atoms with Gasteiger partial charge in [0.1, 0.15) is 18.6 Å². The molecule has 18 heteroatoms. The number of amides is 2. The van der Waals surface area contributed by atoms with Gasteiger partial charge in [0, 0.05) is 32.2 Å². The average Bonchev–Trinajstić information content (AvgIpc) is 3.39. The average molecular weight is 1110 g/mol. The van der Waals surface area contributed by atoms with E-state index in [4.69, 9.17) is 54.5 Å². The van der Waals surface area contributed by atoms with Crippen LogP contribution in [0.15, 0.2) is 24.3 Å². The number of carbonyl (C=O) groups is 4. The summed E-state index contributed by atoms with van der Waals surface area (Å²) >= 11 is 0. The van der Waals surface area contributed by atoms with Crippen molar-refractivity contribution in [1.29, 1.82) is 0 Å². The van der Waals surface area contributed by atoms with E-state index in [9.17, 15) is 24.1 Å². The molecular weight excluding hydrogens is 996 g/mol. The molecule has 0 saturated heterocycles. The smallest absolute Gasteiger partial charge is 0.330 e. The minimum Gasteiger partial charge on any atom is -0.483 e. The number of unbranched alkanes of at least 4 members (excludes halogenated alkanes) is 28. The summed E-state index contributed by atoms with van der Waals surface area (Å²) in [6.07, 6.45) is 34.1. The molecule has 0 aliphatic heterocycles. The van der Waals surface area contributed by atoms with E-state index in [1.807, 2.05) is 19.1 Å². The molecule has 9 N–H and O–H groups in total. The number of carbonyl (C=O) groups excluding carboxylic acids is 4. The van der Waals surface area contributed by atoms with E-state index in [1.165, 1.54) is 167 Å². The second-order valence-corrected chi connectivity index (χ2v) is 20.8. The second kappa shape index (κ2) is 56.7. The third-order valence-corrected chi connectivity index (χ3v) is 13.2. The van der Waals surface area contributed by atoms with E-state index in [-0.39, 0.29) is 57.5 Å². The monoisotopic (exact) mass is 1100 g/mol. The first kappa shape index (κ1) is 75.1. The van der Waals surface area contributed by atoms with Crippen LogP contribution >= 0.6 is 8.60 Å². The summed E-state index contributed by atoms with van der Waals surface area (Å²) in [5.74, 6) is -1.14. The van der Waals surface area contributed by atoms with Crippen molar-refractivity contribution >= 4 is 32.4 Å². The van der Waals surface area contributed by atoms with Crippen LogP contribution in [-0.2, 0) is 44.1 Å². The number of ether oxygens (including phenoxy) is 3. The van der Waals surface area contributed by atoms with E-state index >= 15 is 0 Å². The number of nitrogens with two attached hydrogens (primary N) is 1. The summed E-state index contributed by atoms with van der Waals surface area (Å²) in [5.41, 5.74) is 6.23. The predicted octanol–water partition coefficient (Wildman–Crippen LogP) is 11.2. The van der Waals surface area contributed by atoms with Crippen LogP contribution in [0.3, 0.4) is 0 Å². The molecule has 0 heterocycles. The standard InChI is InChI=1S/C45H87N2O9P.C11H16O4.C2H6O2/c1-3-5-7-9-11-13-15-17-19-21-23-25-27-29-31-33-44(50)53-39-41(40-55-57(52)54-38-37-47-43(49)36-35-42(46)48)56-45(51)34-32-30-28-26-24-22-20-18-16-14-12-10-8-6-4-2;1-2-8-3-5-9(6-4-8)15-10(7-12)11(13)14;1-2(3)4/h41,52H,3-40H2,1-2H3,(H2,46,48)(H,47,49);3-6,10-14H,2,7H2,1H3;2-4H,1H3. The molecule has 0 spiro atoms. The van der Waals surface area contributed by atoms with Crippen molar-refractivity contribution in [3.8, 4) is 5.75 Å². The second-order valence-electron chi connectivity index (χ2n) is 19.8. The van der Waals surface area contributed by atoms with Gasteiger partial charge in [-0.2, -0.15) is 0 Å². The maximum Gasteiger partial charge on any atom is 0.330 e. The number of nitrogens with one attached hydrogen (secondary N) is 1. The molecule has 0 fully saturated rings. The Hall–Kier alpha value is -2.99. The first-order chi connectivity index (χ1) is 36.7. The van der Waals surface area contributed by atoms with Crippen LogP contribution in [0, 0.1) is 0 Å². The molecule has 76 heavy (non-hydrogen) atoms. The van der Waals surface area contributed by atoms with Crippen molar-refractivity contribution in [2.24, 2.45) is 5.73 Å². The van der Waals surface area contributed by atoms with Crippen LogP contribution < -0.4 is 15.8 Å². The molecular formula is C58H109N2O15P. The highest BCUT2D eigenvalue weighted by Crippen LogP contribution is 2.32. The Morgan fingerprint density at radius 1 is 0.566 bits per heavy atom. The molecule has 3 unspecified atom stereocenters. The molecule has 1 rings (SSSR count). The van der Waals surface area contributed by atoms with E-state index in [0.717, 1.165) is 44.9 Å². The zero-order chi connectivity index (χ0) is 56.7. The largest absolute Gasteiger partial charge is 0.483 e. The fraction of sp³-hybridized carbons (Fsp3) is 0.828. The number of benzene rings is 1. The Balaban J connectivity index is 0. The van der Waals surface area contributed by atoms with Crippen molar-refractivity contribution in [2.45, 2.75) is 277 Å². The summed E-state index contributed by atoms with van der Waals surface area (Å²) in [6.45, 7) is 7.11. The fourth-order valence-electron chi connectivity index (χ4n) is 7.89. The van der Waals surface area contributed by atoms with Crippen LogP contribution in [-0.4, -0.2) is 112 Å². The zero-order valence-electron chi connectivity index (χ0n) is 47.8. The SMILES string of the molecule is CC(O)O.CCCCCCCCCCCCCCCCCC(=O)OCC(COP(O)OCCNC(=O)CCC(N)=O)OC(=O)CCCCCCCCCCCCCCCCC.CCc1ccc(OC(CO)C(O)O)cc1. The molecule has 1 aromatic carbocycles. The molecule has 0 bridgehead atoms. The first-order valence-electron chi connectivity index (χ1n) is 29.4. The van der Waals surface area contributed by atoms with E-state index < -0.39 is 51.9 Å². The highest BCUT2D eigenvalue weighted by molar-refractivity contribution is 7.40. The molecule has 1 aromatic rings. The highest BCUT2D eigenvalue weighted by Gasteiger charge is 2.21. The molecule has 2 amide bonds. The lowest BCUT2D eigenvalue weighted by atomic mass is 10.0. The van der Waals surface area contributed by atoms with Gasteiger partial charge in [-0.3, -0.25) is 19.2 Å². The van der Waals surface area contributed by atoms with Gasteiger partial charge in [-0.1, -0.05) is 213 Å². The Morgan fingerprint density at radius 3 is 1.36 bits per heavy atom. The first-order valence-corrected chi connectivity index (χ1v) is 30.5. The summed E-state index contributed by atoms with van der Waals surface area (Å²) in [7, 11) is -2.33. The lowest BCUT2D eigenvalue weighted by Crippen LogP contribution is -2.34. The molecule has 0 radical (unpaired) electrons. The third-order valence-electron chi connectivity index (χ3n) is 12.4. The number of aliphatic hydroxyl groups is 5. The van der Waals surface area contributed by atoms with Crippen molar-refractivity contribution in [3.63, 3.8) is 0 Å². The van der Waals surface area contributed by atoms with E-state index in [0.29, 0.717) is 12.2 Å². The van der Waals surface area contributed by atoms with Crippen LogP contribution in [0.5, 0.6) is 5.75 Å². The van der Waals surface area contributed by atoms with Gasteiger partial charge < -0.3 is 64.7 Å². The normalized spacial score (nSPS) is 12.3. The number of rotatable bonds is 50. The van der Waals surface area contributed by atoms with Crippen molar-refractivity contribution in [1.82, 2.24) is 5.32 Å². The van der Waals surface area contributed by atoms with Gasteiger partial charge >= 0.3 is 20.5 Å². The molecule has 3 atom stereocenters. The number of hydrogen-bond donors (Lipinski definition) is 8. The van der Waals surface area contributed by atoms with Gasteiger partial charge in [-0.05, 0) is 43.9 Å². The molecule has 0 aliphatic rings. The van der Waals surface area contributed by atoms with Gasteiger partial charge in [-0.15, -0.1) is 0 Å². The molecule has 0 saturated carbocycles. The van der Waals surface area contributed by atoms with Gasteiger partial charge in [0.15, 0.2) is 18.5 Å². The predicted molar refractivity (Wildman–Crippen MR) is 302 cm³/mol. The topological polar surface area (TPSA) is 274 Å². The quantitative estimate of drug-likeness (QED) is 0.0130. The number of esters is 2. The summed E-state index contributed by atoms with van der Waals surface area (Å²) in [4.78, 5) is 58.0. The minimum atomic E-state index is -2.33. The van der Waals surface area contributed by atoms with Crippen LogP contribution in [0.25, 0.3) is 0 Å². The van der Waals surface area contributed by atoms with Gasteiger partial charge in [0.25, 0.3) is 0 Å². The van der Waals surface area contributed by atoms with Crippen LogP contribution in [0.2, 0.25) is 0 Å². The highest BCUT2D eigenvalue weighted by atomic mass is 31.2. The number of aliphatic hydroxyl groups excluding tert-OH is 3. The molecule has 17 nitrogen and oxygen atoms in total. The third kappa shape index (κ3) is 55.8. The minimum absolute atomic E-state index is 0.0235. The number of aryl methyl sites for hydroxylation is 1. The van der Waals surface area contributed by atoms with E-state index in [2.05, 4.69) is 19.2 Å². The lowest BCUT2D eigenvalue weighted by molar-refractivity contribution is -0.161. The fourth-order valence-corrected chi connectivity index (χ4v) is 8.51. The summed E-state index contributed by atoms with van der Waals surface area (Å²) in [5, 5.41) is 44.3. The van der Waals surface area contributed by atoms with Crippen molar-refractivity contribution in [3.05, 3.63) is 29.8 Å². The zero-order valence-corrected chi connectivity index (χ0v) is 48.7. The summed E-state index contributed by atoms with van der Waals surface area (Å²) in [6, 6.07) is 7.27. The molecule has 0 aromatic heterocycles. The Morgan fingerprint density at radius 2 is 0.974 bits per heavy atom. The van der Waals surface area contributed by atoms with Crippen molar-refractivity contribution in [2.75, 3.05) is 33.0 Å². The molecule has 0 aliphatic carbocycles. The van der Waals surface area contributed by atoms with Gasteiger partial charge in [0.05, 0.1) is 19.8 Å². The number of hydrogen-bond acceptors (Lipinski definition) is 15. The van der Waals surface area contributed by atoms with E-state index in [1.54, 1.807) is 12.1 Å². The maximum atomic E-state index is 12.7. The molecule has 446 valence electrons. The van der Waals surface area contributed by atoms with Crippen LogP contribution in [0.1, 0.15) is 252 Å². The van der Waals surface area contributed by atoms with Crippen LogP contribution in [0.4, 0.5) is 0 Å². The summed E-state index contributed by atoms with van der Waals surface area (Å²) < 4.78 is 26.9. The number of primary amides is 1. The Kier molecular flexibility index (Phi) is 56.0.